The summed E-state index contributed by atoms with van der Waals surface area (Å²) in [4.78, 5) is 26.6. The lowest BCUT2D eigenvalue weighted by molar-refractivity contribution is -0.704. The summed E-state index contributed by atoms with van der Waals surface area (Å²) >= 11 is 0. The molecule has 0 N–H and O–H groups in total. The number of nitrogens with zero attached hydrogens (tertiary/aromatic N) is 1. The van der Waals surface area contributed by atoms with Crippen molar-refractivity contribution in [1.29, 1.82) is 0 Å². The summed E-state index contributed by atoms with van der Waals surface area (Å²) in [6.45, 7) is 0.342. The molecule has 0 amide bonds. The van der Waals surface area contributed by atoms with E-state index in [9.17, 15) is 9.59 Å². The van der Waals surface area contributed by atoms with Crippen LogP contribution in [-0.4, -0.2) is 11.6 Å². The minimum atomic E-state index is -1.09. The number of hydrogen-bond donors (Lipinski definition) is 0. The molecule has 3 heteroatoms. The van der Waals surface area contributed by atoms with Crippen LogP contribution in [-0.2, 0) is 13.0 Å². The Labute approximate surface area is 146 Å². The van der Waals surface area contributed by atoms with Gasteiger partial charge in [0.1, 0.15) is 0 Å². The normalized spacial score (nSPS) is 15.2. The fourth-order valence-electron chi connectivity index (χ4n) is 3.65. The molecule has 0 aliphatic heterocycles. The van der Waals surface area contributed by atoms with E-state index >= 15 is 0 Å². The fourth-order valence-corrected chi connectivity index (χ4v) is 3.65. The summed E-state index contributed by atoms with van der Waals surface area (Å²) in [5, 5.41) is 0. The van der Waals surface area contributed by atoms with Gasteiger partial charge >= 0.3 is 0 Å². The molecule has 0 unspecified atom stereocenters. The van der Waals surface area contributed by atoms with Gasteiger partial charge in [-0.05, 0) is 12.0 Å². The summed E-state index contributed by atoms with van der Waals surface area (Å²) in [6, 6.07) is 22.7. The second kappa shape index (κ2) is 6.10. The van der Waals surface area contributed by atoms with Gasteiger partial charge in [0.2, 0.25) is 0 Å². The van der Waals surface area contributed by atoms with Gasteiger partial charge in [0.05, 0.1) is 0 Å². The Balaban J connectivity index is 1.83. The van der Waals surface area contributed by atoms with E-state index in [1.165, 1.54) is 0 Å². The zero-order chi connectivity index (χ0) is 17.3. The third-order valence-electron chi connectivity index (χ3n) is 4.86. The molecule has 0 radical (unpaired) electrons. The number of benzene rings is 2. The monoisotopic (exact) mass is 328 g/mol. The Morgan fingerprint density at radius 1 is 0.680 bits per heavy atom. The first-order valence-electron chi connectivity index (χ1n) is 8.37. The zero-order valence-electron chi connectivity index (χ0n) is 13.8. The number of Topliss-reactive ketones (excluding diaryl/α,β-unsaturated/α-hetero) is 2. The Bertz CT molecular complexity index is 854. The molecule has 1 heterocycles. The second-order valence-corrected chi connectivity index (χ2v) is 6.50. The van der Waals surface area contributed by atoms with Gasteiger partial charge in [-0.2, -0.15) is 0 Å². The van der Waals surface area contributed by atoms with Crippen molar-refractivity contribution in [2.75, 3.05) is 0 Å². The summed E-state index contributed by atoms with van der Waals surface area (Å²) < 4.78 is 1.92. The summed E-state index contributed by atoms with van der Waals surface area (Å²) in [6.07, 6.45) is 4.20. The topological polar surface area (TPSA) is 38.0 Å². The van der Waals surface area contributed by atoms with Crippen LogP contribution in [0, 0.1) is 5.41 Å². The van der Waals surface area contributed by atoms with Gasteiger partial charge in [-0.15, -0.1) is 0 Å². The molecule has 3 aromatic rings. The second-order valence-electron chi connectivity index (χ2n) is 6.50. The standard InChI is InChI=1S/C22H18NO2/c24-20-18-11-5-6-12-19(18)21(25)22(20,15-17-9-3-1-4-10-17)16-23-13-7-2-8-14-23/h1-14H,15-16H2/q+1. The quantitative estimate of drug-likeness (QED) is 0.544. The van der Waals surface area contributed by atoms with Crippen LogP contribution in [0.2, 0.25) is 0 Å². The Morgan fingerprint density at radius 2 is 1.20 bits per heavy atom. The van der Waals surface area contributed by atoms with Crippen molar-refractivity contribution in [3.63, 3.8) is 0 Å². The molecule has 0 bridgehead atoms. The van der Waals surface area contributed by atoms with Crippen molar-refractivity contribution < 1.29 is 14.2 Å². The highest BCUT2D eigenvalue weighted by molar-refractivity contribution is 6.29. The maximum atomic E-state index is 13.3. The highest BCUT2D eigenvalue weighted by Crippen LogP contribution is 2.40. The van der Waals surface area contributed by atoms with Gasteiger partial charge in [-0.25, -0.2) is 4.57 Å². The Kier molecular flexibility index (Phi) is 3.77. The molecule has 122 valence electrons. The Morgan fingerprint density at radius 3 is 1.80 bits per heavy atom. The number of fused-ring (bicyclic) bond motifs is 1. The van der Waals surface area contributed by atoms with Crippen molar-refractivity contribution >= 4 is 11.6 Å². The summed E-state index contributed by atoms with van der Waals surface area (Å²) in [5.74, 6) is -0.151. The molecule has 3 nitrogen and oxygen atoms in total. The summed E-state index contributed by atoms with van der Waals surface area (Å²) in [5.41, 5.74) is 0.991. The first kappa shape index (κ1) is 15.5. The molecule has 0 saturated heterocycles. The molecule has 25 heavy (non-hydrogen) atoms. The van der Waals surface area contributed by atoms with Gasteiger partial charge in [0, 0.05) is 23.3 Å². The van der Waals surface area contributed by atoms with E-state index in [0.717, 1.165) is 5.56 Å². The third kappa shape index (κ3) is 2.58. The maximum absolute atomic E-state index is 13.3. The van der Waals surface area contributed by atoms with Crippen molar-refractivity contribution in [3.05, 3.63) is 102 Å². The predicted octanol–water partition coefficient (Wildman–Crippen LogP) is 3.28. The molecular weight excluding hydrogens is 310 g/mol. The number of ketones is 2. The number of aromatic nitrogens is 1. The smallest absolute Gasteiger partial charge is 0.184 e. The number of carbonyl (C=O) groups is 2. The van der Waals surface area contributed by atoms with E-state index in [1.54, 1.807) is 12.1 Å². The van der Waals surface area contributed by atoms with Crippen molar-refractivity contribution in [2.24, 2.45) is 5.41 Å². The minimum Gasteiger partial charge on any atom is -0.293 e. The predicted molar refractivity (Wildman–Crippen MR) is 94.3 cm³/mol. The van der Waals surface area contributed by atoms with Crippen LogP contribution < -0.4 is 4.57 Å². The van der Waals surface area contributed by atoms with E-state index in [2.05, 4.69) is 0 Å². The van der Waals surface area contributed by atoms with Gasteiger partial charge in [0.25, 0.3) is 0 Å². The van der Waals surface area contributed by atoms with E-state index in [1.807, 2.05) is 77.6 Å². The molecule has 4 rings (SSSR count). The fraction of sp³-hybridized carbons (Fsp3) is 0.136. The first-order valence-corrected chi connectivity index (χ1v) is 8.37. The first-order chi connectivity index (χ1) is 12.2. The maximum Gasteiger partial charge on any atom is 0.184 e. The van der Waals surface area contributed by atoms with Gasteiger partial charge < -0.3 is 0 Å². The molecule has 1 aromatic heterocycles. The lowest BCUT2D eigenvalue weighted by atomic mass is 9.76. The van der Waals surface area contributed by atoms with Gasteiger partial charge in [-0.1, -0.05) is 60.7 Å². The van der Waals surface area contributed by atoms with E-state index in [-0.39, 0.29) is 11.6 Å². The number of rotatable bonds is 4. The average Bonchev–Trinajstić information content (AvgIpc) is 2.86. The van der Waals surface area contributed by atoms with Crippen LogP contribution in [0.5, 0.6) is 0 Å². The summed E-state index contributed by atoms with van der Waals surface area (Å²) in [7, 11) is 0. The van der Waals surface area contributed by atoms with Crippen LogP contribution in [0.25, 0.3) is 0 Å². The van der Waals surface area contributed by atoms with E-state index in [4.69, 9.17) is 0 Å². The zero-order valence-corrected chi connectivity index (χ0v) is 13.8. The van der Waals surface area contributed by atoms with Gasteiger partial charge in [-0.3, -0.25) is 9.59 Å². The van der Waals surface area contributed by atoms with Crippen LogP contribution in [0.3, 0.4) is 0 Å². The molecule has 1 aliphatic rings. The van der Waals surface area contributed by atoms with Crippen molar-refractivity contribution in [1.82, 2.24) is 0 Å². The highest BCUT2D eigenvalue weighted by Gasteiger charge is 2.55. The van der Waals surface area contributed by atoms with Crippen LogP contribution in [0.4, 0.5) is 0 Å². The number of carbonyl (C=O) groups excluding carboxylic acids is 2. The molecule has 0 atom stereocenters. The largest absolute Gasteiger partial charge is 0.293 e. The van der Waals surface area contributed by atoms with Crippen LogP contribution >= 0.6 is 0 Å². The molecule has 1 aliphatic carbocycles. The van der Waals surface area contributed by atoms with Crippen molar-refractivity contribution in [2.45, 2.75) is 13.0 Å². The average molecular weight is 328 g/mol. The lowest BCUT2D eigenvalue weighted by Gasteiger charge is -2.22. The van der Waals surface area contributed by atoms with E-state index in [0.29, 0.717) is 24.1 Å². The molecule has 2 aromatic carbocycles. The molecule has 0 fully saturated rings. The van der Waals surface area contributed by atoms with E-state index < -0.39 is 5.41 Å². The minimum absolute atomic E-state index is 0.0756. The van der Waals surface area contributed by atoms with Crippen LogP contribution in [0.15, 0.2) is 85.2 Å². The SMILES string of the molecule is O=C1c2ccccc2C(=O)C1(Cc1ccccc1)C[n+]1ccccc1. The number of hydrogen-bond acceptors (Lipinski definition) is 2. The third-order valence-corrected chi connectivity index (χ3v) is 4.86. The van der Waals surface area contributed by atoms with Crippen LogP contribution in [0.1, 0.15) is 26.3 Å². The number of pyridine rings is 1. The lowest BCUT2D eigenvalue weighted by Crippen LogP contribution is -2.50. The van der Waals surface area contributed by atoms with Gasteiger partial charge in [0.15, 0.2) is 35.9 Å². The molecular formula is C22H18NO2+. The van der Waals surface area contributed by atoms with Crippen molar-refractivity contribution in [3.8, 4) is 0 Å². The molecule has 0 spiro atoms. The highest BCUT2D eigenvalue weighted by atomic mass is 16.2. The Hall–Kier alpha value is -3.07. The molecule has 0 saturated carbocycles.